The highest BCUT2D eigenvalue weighted by molar-refractivity contribution is 5.94. The number of aryl methyl sites for hydroxylation is 1. The van der Waals surface area contributed by atoms with Gasteiger partial charge in [0.2, 0.25) is 5.91 Å². The first kappa shape index (κ1) is 20.3. The lowest BCUT2D eigenvalue weighted by molar-refractivity contribution is -0.126. The summed E-state index contributed by atoms with van der Waals surface area (Å²) in [6.07, 6.45) is 3.76. The van der Waals surface area contributed by atoms with E-state index in [4.69, 9.17) is 9.15 Å². The van der Waals surface area contributed by atoms with Gasteiger partial charge in [0.25, 0.3) is 0 Å². The van der Waals surface area contributed by atoms with Crippen molar-refractivity contribution in [2.24, 2.45) is 5.92 Å². The molecule has 2 aliphatic heterocycles. The minimum atomic E-state index is -0.0772. The molecule has 1 fully saturated rings. The fraction of sp³-hybridized carbons (Fsp3) is 0.478. The maximum absolute atomic E-state index is 13.3. The minimum Gasteiger partial charge on any atom is -0.486 e. The molecule has 1 saturated heterocycles. The fourth-order valence-electron chi connectivity index (χ4n) is 4.09. The lowest BCUT2D eigenvalue weighted by Gasteiger charge is -2.39. The van der Waals surface area contributed by atoms with Gasteiger partial charge in [-0.1, -0.05) is 13.0 Å². The minimum absolute atomic E-state index is 0.00181. The first-order chi connectivity index (χ1) is 14.5. The van der Waals surface area contributed by atoms with Gasteiger partial charge in [0, 0.05) is 19.0 Å². The number of benzene rings is 1. The first-order valence-corrected chi connectivity index (χ1v) is 10.7. The van der Waals surface area contributed by atoms with Crippen LogP contribution >= 0.6 is 0 Å². The highest BCUT2D eigenvalue weighted by atomic mass is 16.5. The van der Waals surface area contributed by atoms with Crippen LogP contribution < -0.4 is 15.0 Å². The summed E-state index contributed by atoms with van der Waals surface area (Å²) in [5.74, 6) is 1.45. The van der Waals surface area contributed by atoms with Crippen molar-refractivity contribution in [3.8, 4) is 5.75 Å². The summed E-state index contributed by atoms with van der Waals surface area (Å²) in [5.41, 5.74) is 1.93. The average Bonchev–Trinajstić information content (AvgIpc) is 3.30. The van der Waals surface area contributed by atoms with Gasteiger partial charge in [0.1, 0.15) is 17.6 Å². The predicted molar refractivity (Wildman–Crippen MR) is 113 cm³/mol. The van der Waals surface area contributed by atoms with Gasteiger partial charge in [0.15, 0.2) is 0 Å². The molecule has 4 rings (SSSR count). The first-order valence-electron chi connectivity index (χ1n) is 10.7. The normalized spacial score (nSPS) is 19.2. The third-order valence-corrected chi connectivity index (χ3v) is 5.92. The number of nitrogens with zero attached hydrogens (tertiary/aromatic N) is 2. The van der Waals surface area contributed by atoms with Gasteiger partial charge in [-0.15, -0.1) is 0 Å². The van der Waals surface area contributed by atoms with Crippen molar-refractivity contribution in [3.63, 3.8) is 0 Å². The maximum atomic E-state index is 13.3. The molecule has 7 nitrogen and oxygen atoms in total. The Bertz CT molecular complexity index is 888. The summed E-state index contributed by atoms with van der Waals surface area (Å²) in [6.45, 7) is 6.18. The van der Waals surface area contributed by atoms with Gasteiger partial charge in [-0.3, -0.25) is 9.69 Å². The molecule has 0 bridgehead atoms. The summed E-state index contributed by atoms with van der Waals surface area (Å²) in [5, 5.41) is 2.93. The summed E-state index contributed by atoms with van der Waals surface area (Å²) >= 11 is 0. The number of likely N-dealkylation sites (tertiary alicyclic amines) is 1. The van der Waals surface area contributed by atoms with E-state index < -0.39 is 0 Å². The second-order valence-electron chi connectivity index (χ2n) is 8.07. The summed E-state index contributed by atoms with van der Waals surface area (Å²) in [6, 6.07) is 9.60. The number of urea groups is 1. The number of ether oxygens (including phenoxy) is 1. The third kappa shape index (κ3) is 4.30. The summed E-state index contributed by atoms with van der Waals surface area (Å²) in [4.78, 5) is 29.5. The number of carbonyl (C=O) groups excluding carboxylic acids is 2. The van der Waals surface area contributed by atoms with E-state index in [2.05, 4.69) is 12.2 Å². The molecule has 0 unspecified atom stereocenters. The number of fused-ring (bicyclic) bond motifs is 1. The van der Waals surface area contributed by atoms with Gasteiger partial charge in [-0.25, -0.2) is 4.79 Å². The molecule has 1 N–H and O–H groups in total. The standard InChI is InChI=1S/C23H29N3O4/c1-3-18-15-26(20-13-16(2)6-7-21(20)30-18)23(28)25-10-8-17(9-11-25)22(27)24-14-19-5-4-12-29-19/h4-7,12-13,17-18H,3,8-11,14-15H2,1-2H3,(H,24,27)/t18-/m1/s1. The predicted octanol–water partition coefficient (Wildman–Crippen LogP) is 3.71. The number of rotatable bonds is 4. The molecular formula is C23H29N3O4. The molecule has 0 aliphatic carbocycles. The molecule has 3 heterocycles. The molecule has 30 heavy (non-hydrogen) atoms. The lowest BCUT2D eigenvalue weighted by Crippen LogP contribution is -2.52. The zero-order chi connectivity index (χ0) is 21.1. The molecular weight excluding hydrogens is 382 g/mol. The number of anilines is 1. The number of carbonyl (C=O) groups is 2. The van der Waals surface area contributed by atoms with Crippen LogP contribution in [0.15, 0.2) is 41.0 Å². The second kappa shape index (κ2) is 8.81. The van der Waals surface area contributed by atoms with E-state index in [0.29, 0.717) is 39.0 Å². The zero-order valence-corrected chi connectivity index (χ0v) is 17.6. The van der Waals surface area contributed by atoms with Crippen LogP contribution in [-0.2, 0) is 11.3 Å². The van der Waals surface area contributed by atoms with Gasteiger partial charge >= 0.3 is 6.03 Å². The molecule has 0 radical (unpaired) electrons. The molecule has 0 saturated carbocycles. The number of hydrogen-bond donors (Lipinski definition) is 1. The Kier molecular flexibility index (Phi) is 5.97. The topological polar surface area (TPSA) is 75.0 Å². The van der Waals surface area contributed by atoms with E-state index in [-0.39, 0.29) is 24.0 Å². The molecule has 160 valence electrons. The Balaban J connectivity index is 1.37. The molecule has 2 aliphatic rings. The Hall–Kier alpha value is -2.96. The Morgan fingerprint density at radius 1 is 1.20 bits per heavy atom. The molecule has 1 aromatic heterocycles. The van der Waals surface area contributed by atoms with Crippen LogP contribution in [0.3, 0.4) is 0 Å². The van der Waals surface area contributed by atoms with Crippen molar-refractivity contribution >= 4 is 17.6 Å². The Morgan fingerprint density at radius 2 is 2.00 bits per heavy atom. The van der Waals surface area contributed by atoms with E-state index in [9.17, 15) is 9.59 Å². The lowest BCUT2D eigenvalue weighted by atomic mass is 9.96. The number of furan rings is 1. The van der Waals surface area contributed by atoms with Crippen LogP contribution in [0.2, 0.25) is 0 Å². The van der Waals surface area contributed by atoms with Crippen LogP contribution in [0.4, 0.5) is 10.5 Å². The number of nitrogens with one attached hydrogen (secondary N) is 1. The summed E-state index contributed by atoms with van der Waals surface area (Å²) < 4.78 is 11.3. The molecule has 3 amide bonds. The van der Waals surface area contributed by atoms with Crippen LogP contribution in [-0.4, -0.2) is 42.6 Å². The highest BCUT2D eigenvalue weighted by Gasteiger charge is 2.34. The average molecular weight is 412 g/mol. The smallest absolute Gasteiger partial charge is 0.324 e. The monoisotopic (exact) mass is 411 g/mol. The van der Waals surface area contributed by atoms with E-state index in [0.717, 1.165) is 29.2 Å². The molecule has 2 aromatic rings. The molecule has 1 aromatic carbocycles. The van der Waals surface area contributed by atoms with Gasteiger partial charge < -0.3 is 19.4 Å². The van der Waals surface area contributed by atoms with Crippen molar-refractivity contribution < 1.29 is 18.7 Å². The number of piperidine rings is 1. The van der Waals surface area contributed by atoms with Crippen LogP contribution in [0, 0.1) is 12.8 Å². The van der Waals surface area contributed by atoms with Crippen LogP contribution in [0.5, 0.6) is 5.75 Å². The third-order valence-electron chi connectivity index (χ3n) is 5.92. The van der Waals surface area contributed by atoms with Gasteiger partial charge in [-0.05, 0) is 56.0 Å². The number of amides is 3. The summed E-state index contributed by atoms with van der Waals surface area (Å²) in [7, 11) is 0. The van der Waals surface area contributed by atoms with E-state index in [1.54, 1.807) is 12.3 Å². The molecule has 7 heteroatoms. The van der Waals surface area contributed by atoms with Crippen molar-refractivity contribution in [1.82, 2.24) is 10.2 Å². The Labute approximate surface area is 177 Å². The van der Waals surface area contributed by atoms with Crippen LogP contribution in [0.1, 0.15) is 37.5 Å². The van der Waals surface area contributed by atoms with Gasteiger partial charge in [0.05, 0.1) is 25.0 Å². The van der Waals surface area contributed by atoms with Crippen molar-refractivity contribution in [2.45, 2.75) is 45.8 Å². The van der Waals surface area contributed by atoms with Crippen molar-refractivity contribution in [1.29, 1.82) is 0 Å². The zero-order valence-electron chi connectivity index (χ0n) is 17.6. The van der Waals surface area contributed by atoms with E-state index in [1.807, 2.05) is 41.0 Å². The fourth-order valence-corrected chi connectivity index (χ4v) is 4.09. The number of hydrogen-bond acceptors (Lipinski definition) is 4. The maximum Gasteiger partial charge on any atom is 0.324 e. The SMILES string of the molecule is CC[C@@H]1CN(C(=O)N2CCC(C(=O)NCc3ccco3)CC2)c2cc(C)ccc2O1. The largest absolute Gasteiger partial charge is 0.486 e. The Morgan fingerprint density at radius 3 is 2.70 bits per heavy atom. The second-order valence-corrected chi connectivity index (χ2v) is 8.07. The molecule has 1 atom stereocenters. The van der Waals surface area contributed by atoms with Crippen LogP contribution in [0.25, 0.3) is 0 Å². The quantitative estimate of drug-likeness (QED) is 0.832. The van der Waals surface area contributed by atoms with E-state index >= 15 is 0 Å². The van der Waals surface area contributed by atoms with E-state index in [1.165, 1.54) is 0 Å². The molecule has 0 spiro atoms. The highest BCUT2D eigenvalue weighted by Crippen LogP contribution is 2.36. The van der Waals surface area contributed by atoms with Crippen molar-refractivity contribution in [3.05, 3.63) is 47.9 Å². The van der Waals surface area contributed by atoms with Crippen molar-refractivity contribution in [2.75, 3.05) is 24.5 Å². The van der Waals surface area contributed by atoms with Gasteiger partial charge in [-0.2, -0.15) is 0 Å².